The van der Waals surface area contributed by atoms with Gasteiger partial charge in [0.1, 0.15) is 6.04 Å². The van der Waals surface area contributed by atoms with E-state index in [0.717, 1.165) is 0 Å². The van der Waals surface area contributed by atoms with Crippen molar-refractivity contribution in [3.63, 3.8) is 0 Å². The van der Waals surface area contributed by atoms with E-state index in [2.05, 4.69) is 0 Å². The van der Waals surface area contributed by atoms with Gasteiger partial charge in [0, 0.05) is 0 Å². The second-order valence-electron chi connectivity index (χ2n) is 3.24. The fourth-order valence-electron chi connectivity index (χ4n) is 0.477. The number of aliphatic hydroxyl groups is 1. The van der Waals surface area contributed by atoms with Crippen LogP contribution in [0.5, 0.6) is 0 Å². The number of carboxylic acid groups (broad SMARTS) is 2. The standard InChI is InChI=1S/C4H9NO3.C4H9NO2/c1-2(6)3(5)4(7)8;1-5(2)3-4(6)7/h2-3,6H,5H2,1H3,(H,7,8);3H2,1-2H3,(H,6,7)/t2-,3-;/m0./s1. The smallest absolute Gasteiger partial charge is 0.323 e. The molecule has 0 rings (SSSR count). The first kappa shape index (κ1) is 16.3. The van der Waals surface area contributed by atoms with Crippen LogP contribution in [0.15, 0.2) is 0 Å². The average molecular weight is 222 g/mol. The number of likely N-dealkylation sites (N-methyl/N-ethyl adjacent to an activating group) is 1. The Morgan fingerprint density at radius 1 is 1.33 bits per heavy atom. The minimum Gasteiger partial charge on any atom is -0.480 e. The first-order valence-electron chi connectivity index (χ1n) is 4.21. The maximum atomic E-state index is 9.86. The number of nitrogens with zero attached hydrogens (tertiary/aromatic N) is 1. The second kappa shape index (κ2) is 8.16. The zero-order chi connectivity index (χ0) is 12.6. The number of carboxylic acids is 2. The Bertz CT molecular complexity index is 205. The monoisotopic (exact) mass is 222 g/mol. The lowest BCUT2D eigenvalue weighted by Crippen LogP contribution is -2.39. The van der Waals surface area contributed by atoms with Crippen LogP contribution in [0.3, 0.4) is 0 Å². The predicted molar refractivity (Wildman–Crippen MR) is 53.5 cm³/mol. The molecule has 7 nitrogen and oxygen atoms in total. The van der Waals surface area contributed by atoms with Gasteiger partial charge in [-0.2, -0.15) is 0 Å². The lowest BCUT2D eigenvalue weighted by Gasteiger charge is -2.06. The number of aliphatic hydroxyl groups excluding tert-OH is 1. The summed E-state index contributed by atoms with van der Waals surface area (Å²) >= 11 is 0. The molecule has 0 aliphatic rings. The molecule has 0 amide bonds. The zero-order valence-electron chi connectivity index (χ0n) is 9.04. The van der Waals surface area contributed by atoms with E-state index in [4.69, 9.17) is 21.1 Å². The Hall–Kier alpha value is -1.18. The fraction of sp³-hybridized carbons (Fsp3) is 0.750. The van der Waals surface area contributed by atoms with E-state index in [9.17, 15) is 9.59 Å². The van der Waals surface area contributed by atoms with Gasteiger partial charge in [0.2, 0.25) is 0 Å². The first-order valence-corrected chi connectivity index (χ1v) is 4.21. The molecule has 7 heteroatoms. The van der Waals surface area contributed by atoms with Crippen molar-refractivity contribution in [1.82, 2.24) is 4.90 Å². The largest absolute Gasteiger partial charge is 0.480 e. The van der Waals surface area contributed by atoms with Crippen molar-refractivity contribution in [3.8, 4) is 0 Å². The van der Waals surface area contributed by atoms with Gasteiger partial charge in [-0.05, 0) is 21.0 Å². The number of aliphatic carboxylic acids is 2. The number of hydrogen-bond donors (Lipinski definition) is 4. The molecule has 0 aliphatic heterocycles. The molecule has 0 bridgehead atoms. The Balaban J connectivity index is 0. The number of rotatable bonds is 4. The minimum absolute atomic E-state index is 0.111. The molecule has 0 radical (unpaired) electrons. The van der Waals surface area contributed by atoms with Crippen molar-refractivity contribution in [1.29, 1.82) is 0 Å². The topological polar surface area (TPSA) is 124 Å². The molecule has 0 saturated carbocycles. The van der Waals surface area contributed by atoms with Crippen molar-refractivity contribution >= 4 is 11.9 Å². The van der Waals surface area contributed by atoms with Crippen LogP contribution in [0.1, 0.15) is 6.92 Å². The number of hydrogen-bond acceptors (Lipinski definition) is 5. The van der Waals surface area contributed by atoms with Crippen LogP contribution < -0.4 is 5.73 Å². The number of carbonyl (C=O) groups is 2. The third kappa shape index (κ3) is 12.8. The quantitative estimate of drug-likeness (QED) is 0.452. The van der Waals surface area contributed by atoms with E-state index in [1.807, 2.05) is 0 Å². The van der Waals surface area contributed by atoms with Crippen LogP contribution in [0.4, 0.5) is 0 Å². The van der Waals surface area contributed by atoms with Crippen LogP contribution in [-0.4, -0.2) is 64.9 Å². The van der Waals surface area contributed by atoms with Gasteiger partial charge in [0.25, 0.3) is 0 Å². The Morgan fingerprint density at radius 3 is 1.73 bits per heavy atom. The Kier molecular flexibility index (Phi) is 8.84. The van der Waals surface area contributed by atoms with Crippen molar-refractivity contribution in [2.24, 2.45) is 5.73 Å². The maximum Gasteiger partial charge on any atom is 0.323 e. The summed E-state index contributed by atoms with van der Waals surface area (Å²) in [4.78, 5) is 21.2. The lowest BCUT2D eigenvalue weighted by molar-refractivity contribution is -0.141. The Labute approximate surface area is 88.1 Å². The molecule has 0 aromatic rings. The SMILES string of the molecule is CN(C)CC(=O)O.C[C@H](O)[C@H](N)C(=O)O. The highest BCUT2D eigenvalue weighted by atomic mass is 16.4. The van der Waals surface area contributed by atoms with Crippen molar-refractivity contribution < 1.29 is 24.9 Å². The molecular formula is C8H18N2O5. The van der Waals surface area contributed by atoms with E-state index in [0.29, 0.717) is 0 Å². The minimum atomic E-state index is -1.18. The van der Waals surface area contributed by atoms with Crippen LogP contribution in [0, 0.1) is 0 Å². The molecule has 0 unspecified atom stereocenters. The number of nitrogens with two attached hydrogens (primary N) is 1. The third-order valence-electron chi connectivity index (χ3n) is 1.26. The summed E-state index contributed by atoms with van der Waals surface area (Å²) in [5.74, 6) is -1.97. The van der Waals surface area contributed by atoms with Crippen molar-refractivity contribution in [2.75, 3.05) is 20.6 Å². The van der Waals surface area contributed by atoms with Gasteiger partial charge in [0.15, 0.2) is 0 Å². The van der Waals surface area contributed by atoms with Crippen molar-refractivity contribution in [2.45, 2.75) is 19.1 Å². The van der Waals surface area contributed by atoms with Crippen LogP contribution in [0.2, 0.25) is 0 Å². The molecule has 0 fully saturated rings. The fourth-order valence-corrected chi connectivity index (χ4v) is 0.477. The van der Waals surface area contributed by atoms with Gasteiger partial charge in [-0.15, -0.1) is 0 Å². The van der Waals surface area contributed by atoms with Gasteiger partial charge in [-0.25, -0.2) is 0 Å². The third-order valence-corrected chi connectivity index (χ3v) is 1.26. The highest BCUT2D eigenvalue weighted by molar-refractivity contribution is 5.73. The average Bonchev–Trinajstić information content (AvgIpc) is 2.00. The van der Waals surface area contributed by atoms with Gasteiger partial charge < -0.3 is 21.1 Å². The molecule has 90 valence electrons. The summed E-state index contributed by atoms with van der Waals surface area (Å²) < 4.78 is 0. The normalized spacial score (nSPS) is 13.7. The first-order chi connectivity index (χ1) is 6.68. The molecule has 0 heterocycles. The lowest BCUT2D eigenvalue weighted by atomic mass is 10.2. The molecule has 15 heavy (non-hydrogen) atoms. The van der Waals surface area contributed by atoms with E-state index in [1.165, 1.54) is 6.92 Å². The summed E-state index contributed by atoms with van der Waals surface area (Å²) in [7, 11) is 3.43. The summed E-state index contributed by atoms with van der Waals surface area (Å²) in [6.07, 6.45) is -0.979. The van der Waals surface area contributed by atoms with Gasteiger partial charge in [-0.1, -0.05) is 0 Å². The molecule has 0 saturated heterocycles. The van der Waals surface area contributed by atoms with Crippen LogP contribution in [0.25, 0.3) is 0 Å². The van der Waals surface area contributed by atoms with Crippen LogP contribution >= 0.6 is 0 Å². The summed E-state index contributed by atoms with van der Waals surface area (Å²) in [5, 5.41) is 24.6. The van der Waals surface area contributed by atoms with Gasteiger partial charge in [-0.3, -0.25) is 14.5 Å². The van der Waals surface area contributed by atoms with E-state index in [-0.39, 0.29) is 6.54 Å². The molecule has 0 aromatic heterocycles. The molecule has 0 spiro atoms. The molecule has 5 N–H and O–H groups in total. The van der Waals surface area contributed by atoms with Crippen molar-refractivity contribution in [3.05, 3.63) is 0 Å². The summed E-state index contributed by atoms with van der Waals surface area (Å²) in [6, 6.07) is -1.16. The van der Waals surface area contributed by atoms with E-state index in [1.54, 1.807) is 19.0 Å². The van der Waals surface area contributed by atoms with Crippen LogP contribution in [-0.2, 0) is 9.59 Å². The van der Waals surface area contributed by atoms with Gasteiger partial charge in [0.05, 0.1) is 12.6 Å². The summed E-state index contributed by atoms with van der Waals surface area (Å²) in [6.45, 7) is 1.44. The molecule has 0 aromatic carbocycles. The highest BCUT2D eigenvalue weighted by Gasteiger charge is 2.16. The summed E-state index contributed by atoms with van der Waals surface area (Å²) in [5.41, 5.74) is 4.91. The maximum absolute atomic E-state index is 9.86. The van der Waals surface area contributed by atoms with E-state index < -0.39 is 24.1 Å². The van der Waals surface area contributed by atoms with Gasteiger partial charge >= 0.3 is 11.9 Å². The zero-order valence-corrected chi connectivity index (χ0v) is 9.04. The second-order valence-corrected chi connectivity index (χ2v) is 3.24. The highest BCUT2D eigenvalue weighted by Crippen LogP contribution is 1.85. The molecule has 2 atom stereocenters. The predicted octanol–water partition coefficient (Wildman–Crippen LogP) is -1.59. The Morgan fingerprint density at radius 2 is 1.73 bits per heavy atom. The molecule has 0 aliphatic carbocycles. The van der Waals surface area contributed by atoms with E-state index >= 15 is 0 Å². The molecular weight excluding hydrogens is 204 g/mol.